The number of amides is 3. The number of nitrogens with zero attached hydrogens (tertiary/aromatic N) is 2. The van der Waals surface area contributed by atoms with E-state index in [-0.39, 0.29) is 29.7 Å². The van der Waals surface area contributed by atoms with Gasteiger partial charge in [-0.1, -0.05) is 49.7 Å². The number of pyridine rings is 2. The van der Waals surface area contributed by atoms with E-state index in [9.17, 15) is 27.6 Å². The number of carbonyl (C=O) groups is 3. The number of carbonyl (C=O) groups excluding carboxylic acids is 3. The number of hydrogen-bond donors (Lipinski definition) is 3. The van der Waals surface area contributed by atoms with Gasteiger partial charge in [-0.25, -0.2) is 4.98 Å². The van der Waals surface area contributed by atoms with Crippen molar-refractivity contribution < 1.29 is 27.6 Å². The van der Waals surface area contributed by atoms with E-state index in [2.05, 4.69) is 25.9 Å². The Labute approximate surface area is 269 Å². The van der Waals surface area contributed by atoms with Gasteiger partial charge in [0.1, 0.15) is 5.82 Å². The van der Waals surface area contributed by atoms with Gasteiger partial charge in [0.2, 0.25) is 5.91 Å². The van der Waals surface area contributed by atoms with Crippen molar-refractivity contribution in [2.24, 2.45) is 0 Å². The summed E-state index contributed by atoms with van der Waals surface area (Å²) in [5.74, 6) is -0.672. The quantitative estimate of drug-likeness (QED) is 0.140. The molecule has 0 fully saturated rings. The van der Waals surface area contributed by atoms with Crippen molar-refractivity contribution >= 4 is 34.4 Å². The average Bonchev–Trinajstić information content (AvgIpc) is 3.08. The standard InChI is InChI=1S/C36H32F3N5O3/c1-2-3-11-33(45)41-22-31(30-10-6-7-20-40-30)43-34(46)25-14-18-29-24(21-25)15-19-32(42-29)44-35(47)28-9-5-4-8-27(28)23-12-16-26(17-13-23)36(37,38)39/h4-10,12-21,31H,2-3,11,22H2,1H3,(H,41,45)(H,43,46)(H,42,44,47)/t31-/m0/s1. The van der Waals surface area contributed by atoms with Crippen LogP contribution in [-0.4, -0.2) is 34.2 Å². The van der Waals surface area contributed by atoms with Crippen LogP contribution < -0.4 is 16.0 Å². The lowest BCUT2D eigenvalue weighted by atomic mass is 9.98. The van der Waals surface area contributed by atoms with Gasteiger partial charge in [-0.15, -0.1) is 0 Å². The van der Waals surface area contributed by atoms with E-state index in [1.807, 2.05) is 13.0 Å². The van der Waals surface area contributed by atoms with Crippen LogP contribution in [-0.2, 0) is 11.0 Å². The minimum atomic E-state index is -4.46. The SMILES string of the molecule is CCCCC(=O)NC[C@H](NC(=O)c1ccc2nc(NC(=O)c3ccccc3-c3ccc(C(F)(F)F)cc3)ccc2c1)c1ccccn1. The lowest BCUT2D eigenvalue weighted by Gasteiger charge is -2.19. The molecule has 0 radical (unpaired) electrons. The van der Waals surface area contributed by atoms with Gasteiger partial charge in [-0.05, 0) is 78.2 Å². The summed E-state index contributed by atoms with van der Waals surface area (Å²) < 4.78 is 39.1. The van der Waals surface area contributed by atoms with Gasteiger partial charge in [-0.2, -0.15) is 13.2 Å². The minimum absolute atomic E-state index is 0.0928. The summed E-state index contributed by atoms with van der Waals surface area (Å²) >= 11 is 0. The van der Waals surface area contributed by atoms with Crippen molar-refractivity contribution in [1.82, 2.24) is 20.6 Å². The maximum Gasteiger partial charge on any atom is 0.416 e. The number of fused-ring (bicyclic) bond motifs is 1. The first-order chi connectivity index (χ1) is 22.6. The number of alkyl halides is 3. The Morgan fingerprint density at radius 1 is 0.851 bits per heavy atom. The van der Waals surface area contributed by atoms with E-state index < -0.39 is 23.7 Å². The molecule has 2 heterocycles. The van der Waals surface area contributed by atoms with E-state index in [1.54, 1.807) is 72.9 Å². The average molecular weight is 640 g/mol. The highest BCUT2D eigenvalue weighted by Gasteiger charge is 2.30. The number of hydrogen-bond acceptors (Lipinski definition) is 5. The number of aromatic nitrogens is 2. The lowest BCUT2D eigenvalue weighted by Crippen LogP contribution is -2.38. The first-order valence-electron chi connectivity index (χ1n) is 15.1. The Balaban J connectivity index is 1.29. The summed E-state index contributed by atoms with van der Waals surface area (Å²) in [4.78, 5) is 47.7. The zero-order chi connectivity index (χ0) is 33.4. The van der Waals surface area contributed by atoms with Gasteiger partial charge < -0.3 is 16.0 Å². The Bertz CT molecular complexity index is 1880. The van der Waals surface area contributed by atoms with E-state index in [0.717, 1.165) is 25.0 Å². The molecule has 8 nitrogen and oxygen atoms in total. The van der Waals surface area contributed by atoms with Gasteiger partial charge in [0.05, 0.1) is 22.8 Å². The number of halogens is 3. The second-order valence-corrected chi connectivity index (χ2v) is 10.9. The number of nitrogens with one attached hydrogen (secondary N) is 3. The van der Waals surface area contributed by atoms with E-state index in [4.69, 9.17) is 0 Å². The van der Waals surface area contributed by atoms with Crippen LogP contribution in [0.4, 0.5) is 19.0 Å². The van der Waals surface area contributed by atoms with Gasteiger partial charge in [0.15, 0.2) is 0 Å². The first-order valence-corrected chi connectivity index (χ1v) is 15.1. The molecule has 3 amide bonds. The maximum absolute atomic E-state index is 13.3. The molecule has 5 rings (SSSR count). The fourth-order valence-electron chi connectivity index (χ4n) is 4.99. The summed E-state index contributed by atoms with van der Waals surface area (Å²) in [5, 5.41) is 9.26. The number of anilines is 1. The van der Waals surface area contributed by atoms with Crippen molar-refractivity contribution in [3.63, 3.8) is 0 Å². The second-order valence-electron chi connectivity index (χ2n) is 10.9. The van der Waals surface area contributed by atoms with Crippen LogP contribution in [0.1, 0.15) is 64.2 Å². The molecular weight excluding hydrogens is 607 g/mol. The monoisotopic (exact) mass is 639 g/mol. The summed E-state index contributed by atoms with van der Waals surface area (Å²) in [6.45, 7) is 2.20. The van der Waals surface area contributed by atoms with Gasteiger partial charge in [-0.3, -0.25) is 19.4 Å². The molecule has 3 aromatic carbocycles. The number of rotatable bonds is 11. The maximum atomic E-state index is 13.3. The molecular formula is C36H32F3N5O3. The third-order valence-corrected chi connectivity index (χ3v) is 7.50. The molecule has 2 aromatic heterocycles. The molecule has 0 spiro atoms. The van der Waals surface area contributed by atoms with Crippen molar-refractivity contribution in [2.75, 3.05) is 11.9 Å². The van der Waals surface area contributed by atoms with Gasteiger partial charge in [0.25, 0.3) is 11.8 Å². The van der Waals surface area contributed by atoms with Gasteiger partial charge >= 0.3 is 6.18 Å². The van der Waals surface area contributed by atoms with Crippen molar-refractivity contribution in [2.45, 2.75) is 38.4 Å². The molecule has 0 aliphatic heterocycles. The molecule has 1 atom stereocenters. The Kier molecular flexibility index (Phi) is 10.2. The molecule has 0 saturated carbocycles. The topological polar surface area (TPSA) is 113 Å². The second kappa shape index (κ2) is 14.7. The minimum Gasteiger partial charge on any atom is -0.354 e. The first kappa shape index (κ1) is 32.8. The molecule has 5 aromatic rings. The van der Waals surface area contributed by atoms with Crippen LogP contribution >= 0.6 is 0 Å². The predicted octanol–water partition coefficient (Wildman–Crippen LogP) is 7.35. The molecule has 0 bridgehead atoms. The highest BCUT2D eigenvalue weighted by atomic mass is 19.4. The van der Waals surface area contributed by atoms with E-state index >= 15 is 0 Å². The van der Waals surface area contributed by atoms with Crippen LogP contribution in [0, 0.1) is 0 Å². The van der Waals surface area contributed by atoms with E-state index in [1.165, 1.54) is 12.1 Å². The van der Waals surface area contributed by atoms with Crippen molar-refractivity contribution in [3.8, 4) is 11.1 Å². The fraction of sp³-hybridized carbons (Fsp3) is 0.194. The lowest BCUT2D eigenvalue weighted by molar-refractivity contribution is -0.137. The predicted molar refractivity (Wildman–Crippen MR) is 174 cm³/mol. The molecule has 0 saturated heterocycles. The van der Waals surface area contributed by atoms with Crippen LogP contribution in [0.25, 0.3) is 22.0 Å². The number of benzene rings is 3. The smallest absolute Gasteiger partial charge is 0.354 e. The van der Waals surface area contributed by atoms with Gasteiger partial charge in [0, 0.05) is 35.7 Å². The summed E-state index contributed by atoms with van der Waals surface area (Å²) in [7, 11) is 0. The molecule has 0 unspecified atom stereocenters. The molecule has 240 valence electrons. The summed E-state index contributed by atoms with van der Waals surface area (Å²) in [6, 6.07) is 24.3. The third-order valence-electron chi connectivity index (χ3n) is 7.50. The zero-order valence-corrected chi connectivity index (χ0v) is 25.5. The van der Waals surface area contributed by atoms with Crippen molar-refractivity contribution in [1.29, 1.82) is 0 Å². The van der Waals surface area contributed by atoms with Crippen LogP contribution in [0.3, 0.4) is 0 Å². The van der Waals surface area contributed by atoms with Crippen molar-refractivity contribution in [3.05, 3.63) is 126 Å². The Hall–Kier alpha value is -5.58. The van der Waals surface area contributed by atoms with Crippen LogP contribution in [0.15, 0.2) is 103 Å². The van der Waals surface area contributed by atoms with E-state index in [0.29, 0.717) is 39.7 Å². The summed E-state index contributed by atoms with van der Waals surface area (Å²) in [6.07, 6.45) is -0.752. The normalized spacial score (nSPS) is 11.9. The number of unbranched alkanes of at least 4 members (excludes halogenated alkanes) is 1. The largest absolute Gasteiger partial charge is 0.416 e. The highest BCUT2D eigenvalue weighted by molar-refractivity contribution is 6.08. The molecule has 0 aliphatic rings. The Morgan fingerprint density at radius 3 is 2.34 bits per heavy atom. The molecule has 47 heavy (non-hydrogen) atoms. The third kappa shape index (κ3) is 8.37. The molecule has 11 heteroatoms. The fourth-order valence-corrected chi connectivity index (χ4v) is 4.99. The van der Waals surface area contributed by atoms with Crippen LogP contribution in [0.2, 0.25) is 0 Å². The van der Waals surface area contributed by atoms with Crippen LogP contribution in [0.5, 0.6) is 0 Å². The Morgan fingerprint density at radius 2 is 1.62 bits per heavy atom. The molecule has 0 aliphatic carbocycles. The highest BCUT2D eigenvalue weighted by Crippen LogP contribution is 2.32. The summed E-state index contributed by atoms with van der Waals surface area (Å²) in [5.41, 5.74) is 1.94. The zero-order valence-electron chi connectivity index (χ0n) is 25.5. The molecule has 3 N–H and O–H groups in total.